The zero-order valence-electron chi connectivity index (χ0n) is 5.84. The zero-order valence-corrected chi connectivity index (χ0v) is 8.00. The predicted molar refractivity (Wildman–Crippen MR) is 46.8 cm³/mol. The molecule has 1 aliphatic carbocycles. The van der Waals surface area contributed by atoms with Crippen LogP contribution in [0, 0.1) is 0 Å². The van der Waals surface area contributed by atoms with Gasteiger partial charge < -0.3 is 15.9 Å². The van der Waals surface area contributed by atoms with Gasteiger partial charge in [0.25, 0.3) is 0 Å². The summed E-state index contributed by atoms with van der Waals surface area (Å²) < 4.78 is -0.870. The van der Waals surface area contributed by atoms with E-state index in [2.05, 4.69) is 0 Å². The monoisotopic (exact) mass is 257 g/mol. The third-order valence-corrected chi connectivity index (χ3v) is 4.10. The van der Waals surface area contributed by atoms with Crippen molar-refractivity contribution >= 4 is 22.6 Å². The molecule has 3 nitrogen and oxygen atoms in total. The van der Waals surface area contributed by atoms with E-state index in [9.17, 15) is 10.2 Å². The molecule has 0 radical (unpaired) electrons. The molecule has 1 rings (SSSR count). The molecule has 0 aromatic carbocycles. The van der Waals surface area contributed by atoms with Crippen LogP contribution in [0.2, 0.25) is 0 Å². The lowest BCUT2D eigenvalue weighted by Crippen LogP contribution is -2.55. The van der Waals surface area contributed by atoms with Crippen LogP contribution in [-0.2, 0) is 0 Å². The minimum absolute atomic E-state index is 0.577. The number of rotatable bonds is 0. The summed E-state index contributed by atoms with van der Waals surface area (Å²) in [5.41, 5.74) is 4.76. The van der Waals surface area contributed by atoms with Crippen LogP contribution in [0.3, 0.4) is 0 Å². The van der Waals surface area contributed by atoms with Crippen molar-refractivity contribution in [2.24, 2.45) is 5.73 Å². The Bertz CT molecular complexity index is 147. The fourth-order valence-electron chi connectivity index (χ4n) is 1.18. The third kappa shape index (κ3) is 1.07. The van der Waals surface area contributed by atoms with Crippen LogP contribution >= 0.6 is 22.6 Å². The van der Waals surface area contributed by atoms with Crippen LogP contribution in [0.1, 0.15) is 19.8 Å². The molecule has 0 spiro atoms. The first-order valence-corrected chi connectivity index (χ1v) is 4.34. The van der Waals surface area contributed by atoms with E-state index in [1.807, 2.05) is 22.6 Å². The highest BCUT2D eigenvalue weighted by Crippen LogP contribution is 2.41. The van der Waals surface area contributed by atoms with Crippen LogP contribution in [0.4, 0.5) is 0 Å². The average molecular weight is 257 g/mol. The largest absolute Gasteiger partial charge is 0.390 e. The minimum atomic E-state index is -0.924. The number of alkyl halides is 1. The molecule has 0 aliphatic heterocycles. The summed E-state index contributed by atoms with van der Waals surface area (Å²) >= 11 is 1.91. The van der Waals surface area contributed by atoms with Gasteiger partial charge in [-0.25, -0.2) is 0 Å². The quantitative estimate of drug-likeness (QED) is 0.324. The summed E-state index contributed by atoms with van der Waals surface area (Å²) in [6.45, 7) is 1.66. The minimum Gasteiger partial charge on any atom is -0.390 e. The van der Waals surface area contributed by atoms with Gasteiger partial charge in [-0.1, -0.05) is 22.6 Å². The molecule has 1 fully saturated rings. The van der Waals surface area contributed by atoms with Crippen molar-refractivity contribution in [3.05, 3.63) is 0 Å². The van der Waals surface area contributed by atoms with E-state index >= 15 is 0 Å². The van der Waals surface area contributed by atoms with Crippen LogP contribution in [0.15, 0.2) is 0 Å². The van der Waals surface area contributed by atoms with Crippen LogP contribution < -0.4 is 5.73 Å². The Labute approximate surface area is 73.7 Å². The standard InChI is InChI=1S/C6H12INO2/c1-5(10)3-2-4(9)6(5,7)8/h4,9-10H,2-3,8H2,1H3. The van der Waals surface area contributed by atoms with Gasteiger partial charge in [0.2, 0.25) is 0 Å². The SMILES string of the molecule is CC1(O)CCC(O)C1(N)I. The van der Waals surface area contributed by atoms with Gasteiger partial charge in [0.15, 0.2) is 0 Å². The van der Waals surface area contributed by atoms with Crippen LogP contribution in [0.25, 0.3) is 0 Å². The average Bonchev–Trinajstić information content (AvgIpc) is 1.94. The Balaban J connectivity index is 2.84. The van der Waals surface area contributed by atoms with Crippen molar-refractivity contribution < 1.29 is 10.2 Å². The van der Waals surface area contributed by atoms with Gasteiger partial charge in [0.05, 0.1) is 11.7 Å². The molecule has 0 aromatic rings. The van der Waals surface area contributed by atoms with Crippen molar-refractivity contribution in [3.63, 3.8) is 0 Å². The summed E-state index contributed by atoms with van der Waals surface area (Å²) in [5, 5.41) is 18.9. The van der Waals surface area contributed by atoms with E-state index in [-0.39, 0.29) is 0 Å². The van der Waals surface area contributed by atoms with Crippen LogP contribution in [-0.4, -0.2) is 25.5 Å². The molecule has 4 heteroatoms. The molecule has 3 unspecified atom stereocenters. The normalized spacial score (nSPS) is 55.5. The summed E-state index contributed by atoms with van der Waals surface area (Å²) in [7, 11) is 0. The molecular weight excluding hydrogens is 245 g/mol. The molecule has 0 aromatic heterocycles. The second-order valence-electron chi connectivity index (χ2n) is 3.10. The molecule has 0 heterocycles. The fraction of sp³-hybridized carbons (Fsp3) is 1.00. The highest BCUT2D eigenvalue weighted by molar-refractivity contribution is 14.1. The molecular formula is C6H12INO2. The van der Waals surface area contributed by atoms with E-state index in [1.54, 1.807) is 6.92 Å². The first-order valence-electron chi connectivity index (χ1n) is 3.26. The van der Waals surface area contributed by atoms with Crippen molar-refractivity contribution in [2.45, 2.75) is 35.0 Å². The Morgan fingerprint density at radius 2 is 2.20 bits per heavy atom. The maximum absolute atomic E-state index is 9.60. The van der Waals surface area contributed by atoms with Crippen molar-refractivity contribution in [3.8, 4) is 0 Å². The Hall–Kier alpha value is 0.610. The Morgan fingerprint density at radius 3 is 2.30 bits per heavy atom. The topological polar surface area (TPSA) is 66.5 Å². The first kappa shape index (κ1) is 8.70. The summed E-state index contributed by atoms with van der Waals surface area (Å²) in [4.78, 5) is 0. The molecule has 0 saturated heterocycles. The molecule has 1 saturated carbocycles. The summed E-state index contributed by atoms with van der Waals surface area (Å²) in [6, 6.07) is 0. The number of halogens is 1. The third-order valence-electron chi connectivity index (χ3n) is 2.21. The summed E-state index contributed by atoms with van der Waals surface area (Å²) in [5.74, 6) is 0. The maximum atomic E-state index is 9.60. The van der Waals surface area contributed by atoms with E-state index in [0.29, 0.717) is 12.8 Å². The van der Waals surface area contributed by atoms with E-state index in [1.165, 1.54) is 0 Å². The van der Waals surface area contributed by atoms with Gasteiger partial charge in [-0.05, 0) is 19.8 Å². The lowest BCUT2D eigenvalue weighted by atomic mass is 10.0. The zero-order chi connectivity index (χ0) is 7.99. The van der Waals surface area contributed by atoms with Gasteiger partial charge in [0.1, 0.15) is 3.55 Å². The second-order valence-corrected chi connectivity index (χ2v) is 4.88. The van der Waals surface area contributed by atoms with Gasteiger partial charge in [-0.15, -0.1) is 0 Å². The van der Waals surface area contributed by atoms with Crippen LogP contribution in [0.5, 0.6) is 0 Å². The summed E-state index contributed by atoms with van der Waals surface area (Å²) in [6.07, 6.45) is 0.586. The van der Waals surface area contributed by atoms with Gasteiger partial charge >= 0.3 is 0 Å². The lowest BCUT2D eigenvalue weighted by Gasteiger charge is -2.32. The number of aliphatic hydroxyl groups is 2. The Morgan fingerprint density at radius 1 is 1.70 bits per heavy atom. The second kappa shape index (κ2) is 2.30. The lowest BCUT2D eigenvalue weighted by molar-refractivity contribution is 0.0208. The predicted octanol–water partition coefficient (Wildman–Crippen LogP) is -0.0179. The van der Waals surface area contributed by atoms with E-state index < -0.39 is 15.3 Å². The van der Waals surface area contributed by atoms with Crippen molar-refractivity contribution in [1.29, 1.82) is 0 Å². The number of hydrogen-bond donors (Lipinski definition) is 3. The number of hydrogen-bond acceptors (Lipinski definition) is 3. The van der Waals surface area contributed by atoms with Gasteiger partial charge in [-0.2, -0.15) is 0 Å². The van der Waals surface area contributed by atoms with Crippen molar-refractivity contribution in [2.75, 3.05) is 0 Å². The highest BCUT2D eigenvalue weighted by atomic mass is 127. The van der Waals surface area contributed by atoms with E-state index in [0.717, 1.165) is 0 Å². The van der Waals surface area contributed by atoms with Gasteiger partial charge in [0, 0.05) is 0 Å². The smallest absolute Gasteiger partial charge is 0.123 e. The van der Waals surface area contributed by atoms with E-state index in [4.69, 9.17) is 5.73 Å². The molecule has 0 amide bonds. The maximum Gasteiger partial charge on any atom is 0.123 e. The molecule has 60 valence electrons. The Kier molecular flexibility index (Phi) is 2.00. The number of nitrogens with two attached hydrogens (primary N) is 1. The fourth-order valence-corrected chi connectivity index (χ4v) is 1.76. The molecule has 0 bridgehead atoms. The molecule has 1 aliphatic rings. The molecule has 4 N–H and O–H groups in total. The number of aliphatic hydroxyl groups excluding tert-OH is 1. The molecule has 10 heavy (non-hydrogen) atoms. The molecule has 3 atom stereocenters. The van der Waals surface area contributed by atoms with Gasteiger partial charge in [-0.3, -0.25) is 0 Å². The first-order chi connectivity index (χ1) is 4.38. The van der Waals surface area contributed by atoms with Crippen molar-refractivity contribution in [1.82, 2.24) is 0 Å². The highest BCUT2D eigenvalue weighted by Gasteiger charge is 2.52.